The number of carbonyl (C=O) groups excluding carboxylic acids is 2. The second kappa shape index (κ2) is 9.79. The molecule has 0 radical (unpaired) electrons. The zero-order chi connectivity index (χ0) is 24.4. The lowest BCUT2D eigenvalue weighted by Crippen LogP contribution is -2.37. The van der Waals surface area contributed by atoms with Crippen LogP contribution in [0.25, 0.3) is 5.76 Å². The molecule has 2 fully saturated rings. The third-order valence-corrected chi connectivity index (χ3v) is 6.63. The van der Waals surface area contributed by atoms with Crippen molar-refractivity contribution in [3.63, 3.8) is 0 Å². The first-order valence-electron chi connectivity index (χ1n) is 11.8. The number of aryl methyl sites for hydroxylation is 1. The molecule has 0 bridgehead atoms. The lowest BCUT2D eigenvalue weighted by atomic mass is 9.94. The fourth-order valence-corrected chi connectivity index (χ4v) is 4.94. The second-order valence-electron chi connectivity index (χ2n) is 8.90. The standard InChI is InChI=1S/C27H31NO6/c1-4-13-34-21-11-10-18(14-16(21)2)25(30)23-24(17-9-12-22(33-3)20(29)15-17)28(27(32)26(23)31)19-7-5-6-8-19/h9-12,14-15,19,24,29-30H,4-8,13H2,1-3H3/b25-23-. The highest BCUT2D eigenvalue weighted by atomic mass is 16.5. The summed E-state index contributed by atoms with van der Waals surface area (Å²) in [5.74, 6) is -0.655. The van der Waals surface area contributed by atoms with Crippen molar-refractivity contribution >= 4 is 17.4 Å². The fourth-order valence-electron chi connectivity index (χ4n) is 4.94. The molecule has 4 rings (SSSR count). The van der Waals surface area contributed by atoms with E-state index in [0.29, 0.717) is 29.2 Å². The smallest absolute Gasteiger partial charge is 0.295 e. The average Bonchev–Trinajstić information content (AvgIpc) is 3.44. The Bertz CT molecular complexity index is 1130. The number of amides is 1. The molecule has 7 nitrogen and oxygen atoms in total. The monoisotopic (exact) mass is 465 g/mol. The first-order valence-corrected chi connectivity index (χ1v) is 11.8. The number of aliphatic hydroxyl groups excluding tert-OH is 1. The van der Waals surface area contributed by atoms with Gasteiger partial charge in [-0.15, -0.1) is 0 Å². The van der Waals surface area contributed by atoms with Gasteiger partial charge in [0, 0.05) is 11.6 Å². The summed E-state index contributed by atoms with van der Waals surface area (Å²) in [5, 5.41) is 21.7. The normalized spacial score (nSPS) is 20.2. The van der Waals surface area contributed by atoms with E-state index in [1.807, 2.05) is 13.8 Å². The van der Waals surface area contributed by atoms with Crippen molar-refractivity contribution in [1.82, 2.24) is 4.90 Å². The Morgan fingerprint density at radius 3 is 2.41 bits per heavy atom. The van der Waals surface area contributed by atoms with Crippen molar-refractivity contribution in [3.8, 4) is 17.2 Å². The number of aromatic hydroxyl groups is 1. The summed E-state index contributed by atoms with van der Waals surface area (Å²) in [6.45, 7) is 4.48. The molecule has 0 spiro atoms. The van der Waals surface area contributed by atoms with E-state index >= 15 is 0 Å². The molecular weight excluding hydrogens is 434 g/mol. The van der Waals surface area contributed by atoms with E-state index in [2.05, 4.69) is 0 Å². The van der Waals surface area contributed by atoms with Gasteiger partial charge in [0.05, 0.1) is 25.3 Å². The average molecular weight is 466 g/mol. The Hall–Kier alpha value is -3.48. The zero-order valence-corrected chi connectivity index (χ0v) is 19.8. The van der Waals surface area contributed by atoms with Gasteiger partial charge in [-0.25, -0.2) is 0 Å². The van der Waals surface area contributed by atoms with Crippen molar-refractivity contribution < 1.29 is 29.3 Å². The molecule has 1 saturated heterocycles. The molecule has 2 aromatic rings. The number of carbonyl (C=O) groups is 2. The van der Waals surface area contributed by atoms with Crippen LogP contribution in [0.3, 0.4) is 0 Å². The largest absolute Gasteiger partial charge is 0.507 e. The van der Waals surface area contributed by atoms with Crippen LogP contribution in [0, 0.1) is 6.92 Å². The van der Waals surface area contributed by atoms with E-state index in [1.54, 1.807) is 35.2 Å². The summed E-state index contributed by atoms with van der Waals surface area (Å²) in [6.07, 6.45) is 4.43. The van der Waals surface area contributed by atoms with Crippen LogP contribution in [-0.4, -0.2) is 46.6 Å². The van der Waals surface area contributed by atoms with Gasteiger partial charge in [-0.2, -0.15) is 0 Å². The quantitative estimate of drug-likeness (QED) is 0.344. The van der Waals surface area contributed by atoms with Gasteiger partial charge < -0.3 is 24.6 Å². The van der Waals surface area contributed by atoms with Crippen LogP contribution in [0.5, 0.6) is 17.2 Å². The third kappa shape index (κ3) is 4.22. The van der Waals surface area contributed by atoms with Crippen molar-refractivity contribution in [2.24, 2.45) is 0 Å². The van der Waals surface area contributed by atoms with E-state index in [4.69, 9.17) is 9.47 Å². The van der Waals surface area contributed by atoms with Crippen molar-refractivity contribution in [2.45, 2.75) is 58.0 Å². The minimum atomic E-state index is -0.795. The predicted octanol–water partition coefficient (Wildman–Crippen LogP) is 4.86. The van der Waals surface area contributed by atoms with Gasteiger partial charge in [0.15, 0.2) is 11.5 Å². The maximum atomic E-state index is 13.3. The van der Waals surface area contributed by atoms with Crippen molar-refractivity contribution in [1.29, 1.82) is 0 Å². The number of hydrogen-bond acceptors (Lipinski definition) is 6. The number of phenolic OH excluding ortho intramolecular Hbond substituents is 1. The number of rotatable bonds is 7. The maximum Gasteiger partial charge on any atom is 0.295 e. The van der Waals surface area contributed by atoms with Crippen LogP contribution >= 0.6 is 0 Å². The van der Waals surface area contributed by atoms with Crippen LogP contribution in [0.2, 0.25) is 0 Å². The molecule has 2 aliphatic rings. The van der Waals surface area contributed by atoms with Crippen LogP contribution in [0.4, 0.5) is 0 Å². The number of methoxy groups -OCH3 is 1. The summed E-state index contributed by atoms with van der Waals surface area (Å²) in [7, 11) is 1.45. The molecule has 1 heterocycles. The molecule has 1 aliphatic heterocycles. The molecule has 2 aromatic carbocycles. The van der Waals surface area contributed by atoms with E-state index < -0.39 is 17.7 Å². The Morgan fingerprint density at radius 1 is 1.09 bits per heavy atom. The van der Waals surface area contributed by atoms with Crippen LogP contribution in [0.15, 0.2) is 42.0 Å². The van der Waals surface area contributed by atoms with Crippen molar-refractivity contribution in [3.05, 3.63) is 58.7 Å². The Balaban J connectivity index is 1.83. The van der Waals surface area contributed by atoms with Gasteiger partial charge >= 0.3 is 0 Å². The van der Waals surface area contributed by atoms with Crippen LogP contribution in [0.1, 0.15) is 61.8 Å². The maximum absolute atomic E-state index is 13.3. The van der Waals surface area contributed by atoms with Gasteiger partial charge in [-0.1, -0.05) is 25.8 Å². The molecule has 34 heavy (non-hydrogen) atoms. The highest BCUT2D eigenvalue weighted by Crippen LogP contribution is 2.45. The topological polar surface area (TPSA) is 96.3 Å². The molecule has 7 heteroatoms. The zero-order valence-electron chi connectivity index (χ0n) is 19.8. The molecule has 1 atom stereocenters. The number of phenols is 1. The van der Waals surface area contributed by atoms with Crippen LogP contribution in [-0.2, 0) is 9.59 Å². The number of benzene rings is 2. The fraction of sp³-hybridized carbons (Fsp3) is 0.407. The highest BCUT2D eigenvalue weighted by molar-refractivity contribution is 6.46. The van der Waals surface area contributed by atoms with Gasteiger partial charge in [0.25, 0.3) is 11.7 Å². The lowest BCUT2D eigenvalue weighted by molar-refractivity contribution is -0.141. The number of aliphatic hydroxyl groups is 1. The first kappa shape index (κ1) is 23.7. The van der Waals surface area contributed by atoms with Gasteiger partial charge in [0.2, 0.25) is 0 Å². The van der Waals surface area contributed by atoms with Crippen molar-refractivity contribution in [2.75, 3.05) is 13.7 Å². The second-order valence-corrected chi connectivity index (χ2v) is 8.90. The SMILES string of the molecule is CCCOc1ccc(/C(O)=C2/C(=O)C(=O)N(C3CCCC3)C2c2ccc(OC)c(O)c2)cc1C. The molecule has 2 N–H and O–H groups in total. The predicted molar refractivity (Wildman–Crippen MR) is 128 cm³/mol. The number of Topliss-reactive ketones (excluding diaryl/α,β-unsaturated/α-hetero) is 1. The number of ketones is 1. The van der Waals surface area contributed by atoms with Gasteiger partial charge in [-0.3, -0.25) is 9.59 Å². The summed E-state index contributed by atoms with van der Waals surface area (Å²) >= 11 is 0. The Kier molecular flexibility index (Phi) is 6.82. The summed E-state index contributed by atoms with van der Waals surface area (Å²) in [4.78, 5) is 28.0. The Morgan fingerprint density at radius 2 is 1.79 bits per heavy atom. The summed E-state index contributed by atoms with van der Waals surface area (Å²) in [6, 6.07) is 9.14. The van der Waals surface area contributed by atoms with Gasteiger partial charge in [-0.05, 0) is 67.6 Å². The molecule has 0 aromatic heterocycles. The van der Waals surface area contributed by atoms with Crippen LogP contribution < -0.4 is 9.47 Å². The molecule has 1 saturated carbocycles. The summed E-state index contributed by atoms with van der Waals surface area (Å²) < 4.78 is 10.9. The minimum absolute atomic E-state index is 0.0306. The number of nitrogens with zero attached hydrogens (tertiary/aromatic N) is 1. The first-order chi connectivity index (χ1) is 16.4. The van der Waals surface area contributed by atoms with Gasteiger partial charge in [0.1, 0.15) is 11.5 Å². The highest BCUT2D eigenvalue weighted by Gasteiger charge is 2.49. The number of hydrogen-bond donors (Lipinski definition) is 2. The molecule has 1 unspecified atom stereocenters. The van der Waals surface area contributed by atoms with E-state index in [9.17, 15) is 19.8 Å². The third-order valence-electron chi connectivity index (χ3n) is 6.63. The lowest BCUT2D eigenvalue weighted by Gasteiger charge is -2.31. The number of ether oxygens (including phenoxy) is 2. The molecule has 180 valence electrons. The molecule has 1 aliphatic carbocycles. The van der Waals surface area contributed by atoms with E-state index in [-0.39, 0.29) is 23.1 Å². The molecule has 1 amide bonds. The number of likely N-dealkylation sites (tertiary alicyclic amines) is 1. The minimum Gasteiger partial charge on any atom is -0.507 e. The molecular formula is C27H31NO6. The van der Waals surface area contributed by atoms with E-state index in [0.717, 1.165) is 37.7 Å². The summed E-state index contributed by atoms with van der Waals surface area (Å²) in [5.41, 5.74) is 1.84. The Labute approximate surface area is 199 Å². The van der Waals surface area contributed by atoms with E-state index in [1.165, 1.54) is 13.2 Å².